The molecule has 6 heteroatoms. The Morgan fingerprint density at radius 3 is 2.88 bits per heavy atom. The van der Waals surface area contributed by atoms with Gasteiger partial charge in [-0.3, -0.25) is 4.79 Å². The summed E-state index contributed by atoms with van der Waals surface area (Å²) in [5, 5.41) is 4.13. The molecule has 2 heterocycles. The molecular weight excluding hydrogens is 326 g/mol. The Hall–Kier alpha value is -2.89. The molecule has 1 aliphatic carbocycles. The molecule has 134 valence electrons. The van der Waals surface area contributed by atoms with Gasteiger partial charge in [0, 0.05) is 35.3 Å². The topological polar surface area (TPSA) is 96.7 Å². The highest BCUT2D eigenvalue weighted by atomic mass is 16.1. The number of amides is 1. The van der Waals surface area contributed by atoms with Gasteiger partial charge in [0.15, 0.2) is 0 Å². The minimum absolute atomic E-state index is 0.0474. The fraction of sp³-hybridized carbons (Fsp3) is 0.350. The van der Waals surface area contributed by atoms with Crippen molar-refractivity contribution in [3.05, 3.63) is 41.2 Å². The Labute approximate surface area is 152 Å². The molecular formula is C20H23N5O. The van der Waals surface area contributed by atoms with Gasteiger partial charge in [-0.1, -0.05) is 6.07 Å². The van der Waals surface area contributed by atoms with Crippen molar-refractivity contribution in [2.45, 2.75) is 45.6 Å². The van der Waals surface area contributed by atoms with Gasteiger partial charge < -0.3 is 16.0 Å². The number of aryl methyl sites for hydroxylation is 2. The molecule has 0 fully saturated rings. The van der Waals surface area contributed by atoms with Crippen LogP contribution < -0.4 is 11.1 Å². The lowest BCUT2D eigenvalue weighted by molar-refractivity contribution is -0.120. The van der Waals surface area contributed by atoms with E-state index in [0.29, 0.717) is 5.95 Å². The number of fused-ring (bicyclic) bond motifs is 5. The summed E-state index contributed by atoms with van der Waals surface area (Å²) in [5.41, 5.74) is 11.9. The van der Waals surface area contributed by atoms with Gasteiger partial charge >= 0.3 is 0 Å². The van der Waals surface area contributed by atoms with Crippen molar-refractivity contribution in [1.82, 2.24) is 20.3 Å². The van der Waals surface area contributed by atoms with Crippen LogP contribution in [-0.4, -0.2) is 20.9 Å². The Balaban J connectivity index is 1.95. The summed E-state index contributed by atoms with van der Waals surface area (Å²) in [4.78, 5) is 23.8. The van der Waals surface area contributed by atoms with Crippen molar-refractivity contribution in [3.8, 4) is 11.3 Å². The van der Waals surface area contributed by atoms with E-state index in [0.717, 1.165) is 52.5 Å². The van der Waals surface area contributed by atoms with E-state index in [-0.39, 0.29) is 5.91 Å². The minimum Gasteiger partial charge on any atom is -0.368 e. The first kappa shape index (κ1) is 16.6. The number of carbonyl (C=O) groups is 1. The van der Waals surface area contributed by atoms with Crippen LogP contribution in [0.4, 0.5) is 5.95 Å². The highest BCUT2D eigenvalue weighted by Crippen LogP contribution is 2.38. The number of nitrogen functional groups attached to an aromatic ring is 1. The molecule has 0 spiro atoms. The zero-order valence-corrected chi connectivity index (χ0v) is 15.3. The molecule has 0 unspecified atom stereocenters. The van der Waals surface area contributed by atoms with Gasteiger partial charge in [-0.25, -0.2) is 9.97 Å². The van der Waals surface area contributed by atoms with Crippen molar-refractivity contribution < 1.29 is 4.79 Å². The van der Waals surface area contributed by atoms with Crippen LogP contribution >= 0.6 is 0 Å². The summed E-state index contributed by atoms with van der Waals surface area (Å²) in [6, 6.07) is 6.28. The number of anilines is 1. The number of hydrogen-bond donors (Lipinski definition) is 3. The molecule has 0 aliphatic heterocycles. The predicted octanol–water partition coefficient (Wildman–Crippen LogP) is 3.07. The first-order valence-corrected chi connectivity index (χ1v) is 8.91. The minimum atomic E-state index is -0.456. The summed E-state index contributed by atoms with van der Waals surface area (Å²) < 4.78 is 0. The number of hydrogen-bond acceptors (Lipinski definition) is 4. The second-order valence-corrected chi connectivity index (χ2v) is 7.50. The Morgan fingerprint density at radius 1 is 1.31 bits per heavy atom. The molecule has 4 rings (SSSR count). The Morgan fingerprint density at radius 2 is 2.12 bits per heavy atom. The summed E-state index contributed by atoms with van der Waals surface area (Å²) in [6.07, 6.45) is 4.79. The largest absolute Gasteiger partial charge is 0.368 e. The van der Waals surface area contributed by atoms with E-state index < -0.39 is 5.54 Å². The van der Waals surface area contributed by atoms with E-state index in [1.54, 1.807) is 6.92 Å². The van der Waals surface area contributed by atoms with E-state index in [9.17, 15) is 4.79 Å². The number of nitrogens with one attached hydrogen (secondary N) is 2. The fourth-order valence-electron chi connectivity index (χ4n) is 3.88. The Kier molecular flexibility index (Phi) is 3.72. The summed E-state index contributed by atoms with van der Waals surface area (Å²) in [7, 11) is 0. The maximum absolute atomic E-state index is 11.6. The molecule has 1 aliphatic rings. The molecule has 0 radical (unpaired) electrons. The van der Waals surface area contributed by atoms with Crippen LogP contribution in [-0.2, 0) is 23.2 Å². The van der Waals surface area contributed by atoms with Gasteiger partial charge in [0.1, 0.15) is 0 Å². The molecule has 2 aromatic heterocycles. The van der Waals surface area contributed by atoms with Crippen LogP contribution in [0, 0.1) is 0 Å². The molecule has 3 aromatic rings. The van der Waals surface area contributed by atoms with Gasteiger partial charge in [0.25, 0.3) is 0 Å². The smallest absolute Gasteiger partial charge is 0.220 e. The average Bonchev–Trinajstić information content (AvgIpc) is 2.82. The fourth-order valence-corrected chi connectivity index (χ4v) is 3.88. The van der Waals surface area contributed by atoms with Crippen molar-refractivity contribution in [2.24, 2.45) is 0 Å². The normalized spacial score (nSPS) is 13.8. The van der Waals surface area contributed by atoms with E-state index in [4.69, 9.17) is 5.73 Å². The van der Waals surface area contributed by atoms with Crippen molar-refractivity contribution in [2.75, 3.05) is 5.73 Å². The molecule has 4 N–H and O–H groups in total. The predicted molar refractivity (Wildman–Crippen MR) is 103 cm³/mol. The maximum Gasteiger partial charge on any atom is 0.220 e. The van der Waals surface area contributed by atoms with Crippen molar-refractivity contribution >= 4 is 22.8 Å². The quantitative estimate of drug-likeness (QED) is 0.662. The monoisotopic (exact) mass is 349 g/mol. The zero-order chi connectivity index (χ0) is 18.5. The van der Waals surface area contributed by atoms with Gasteiger partial charge in [-0.05, 0) is 56.4 Å². The molecule has 6 nitrogen and oxygen atoms in total. The molecule has 0 saturated carbocycles. The molecule has 0 saturated heterocycles. The SMILES string of the molecule is CC(=O)NC(C)(C)c1ccc2[nH]c3c(c2c1)-c1nc(N)ncc1CCC3. The average molecular weight is 349 g/mol. The van der Waals surface area contributed by atoms with Crippen LogP contribution in [0.25, 0.3) is 22.2 Å². The zero-order valence-electron chi connectivity index (χ0n) is 15.3. The highest BCUT2D eigenvalue weighted by Gasteiger charge is 2.25. The maximum atomic E-state index is 11.6. The third-order valence-corrected chi connectivity index (χ3v) is 5.08. The second-order valence-electron chi connectivity index (χ2n) is 7.50. The number of aromatic amines is 1. The summed E-state index contributed by atoms with van der Waals surface area (Å²) >= 11 is 0. The number of nitrogens with zero attached hydrogens (tertiary/aromatic N) is 2. The van der Waals surface area contributed by atoms with Crippen LogP contribution in [0.15, 0.2) is 24.4 Å². The third-order valence-electron chi connectivity index (χ3n) is 5.08. The molecule has 1 amide bonds. The lowest BCUT2D eigenvalue weighted by Gasteiger charge is -2.26. The van der Waals surface area contributed by atoms with E-state index in [1.807, 2.05) is 20.0 Å². The lowest BCUT2D eigenvalue weighted by atomic mass is 9.92. The van der Waals surface area contributed by atoms with Crippen molar-refractivity contribution in [1.29, 1.82) is 0 Å². The standard InChI is InChI=1S/C20H23N5O/c1-11(26)25-20(2,3)13-7-8-15-14(9-13)17-16(23-15)6-4-5-12-10-22-19(21)24-18(12)17/h7-10,23H,4-6H2,1-3H3,(H,25,26)(H2,21,22,24). The number of rotatable bonds is 2. The van der Waals surface area contributed by atoms with Crippen LogP contribution in [0.1, 0.15) is 44.0 Å². The number of carbonyl (C=O) groups excluding carboxylic acids is 1. The molecule has 0 atom stereocenters. The second kappa shape index (κ2) is 5.83. The first-order valence-electron chi connectivity index (χ1n) is 8.91. The highest BCUT2D eigenvalue weighted by molar-refractivity contribution is 5.98. The van der Waals surface area contributed by atoms with Crippen LogP contribution in [0.5, 0.6) is 0 Å². The lowest BCUT2D eigenvalue weighted by Crippen LogP contribution is -2.39. The van der Waals surface area contributed by atoms with Crippen LogP contribution in [0.3, 0.4) is 0 Å². The van der Waals surface area contributed by atoms with Gasteiger partial charge in [-0.2, -0.15) is 0 Å². The number of aromatic nitrogens is 3. The number of H-pyrrole nitrogens is 1. The van der Waals surface area contributed by atoms with E-state index >= 15 is 0 Å². The Bertz CT molecular complexity index is 1020. The third kappa shape index (κ3) is 2.71. The number of nitrogens with two attached hydrogens (primary N) is 1. The van der Waals surface area contributed by atoms with Gasteiger partial charge in [0.05, 0.1) is 11.2 Å². The van der Waals surface area contributed by atoms with Gasteiger partial charge in [0.2, 0.25) is 11.9 Å². The van der Waals surface area contributed by atoms with Crippen molar-refractivity contribution in [3.63, 3.8) is 0 Å². The summed E-state index contributed by atoms with van der Waals surface area (Å²) in [5.74, 6) is 0.245. The molecule has 26 heavy (non-hydrogen) atoms. The first-order chi connectivity index (χ1) is 12.3. The molecule has 0 bridgehead atoms. The van der Waals surface area contributed by atoms with E-state index in [2.05, 4.69) is 38.5 Å². The molecule has 1 aromatic carbocycles. The summed E-state index contributed by atoms with van der Waals surface area (Å²) in [6.45, 7) is 5.56. The van der Waals surface area contributed by atoms with E-state index in [1.165, 1.54) is 5.69 Å². The van der Waals surface area contributed by atoms with Crippen LogP contribution in [0.2, 0.25) is 0 Å². The number of benzene rings is 1. The van der Waals surface area contributed by atoms with Gasteiger partial charge in [-0.15, -0.1) is 0 Å².